The van der Waals surface area contributed by atoms with E-state index in [1.54, 1.807) is 0 Å². The van der Waals surface area contributed by atoms with E-state index < -0.39 is 5.97 Å². The molecule has 3 atom stereocenters. The normalized spacial score (nSPS) is 27.9. The molecule has 0 amide bonds. The zero-order chi connectivity index (χ0) is 13.0. The lowest BCUT2D eigenvalue weighted by atomic mass is 9.71. The van der Waals surface area contributed by atoms with Gasteiger partial charge in [-0.1, -0.05) is 43.7 Å². The van der Waals surface area contributed by atoms with E-state index in [9.17, 15) is 9.90 Å². The first-order valence-corrected chi connectivity index (χ1v) is 6.97. The summed E-state index contributed by atoms with van der Waals surface area (Å²) >= 11 is 0. The smallest absolute Gasteiger partial charge is 0.306 e. The molecule has 0 heterocycles. The molecular formula is C16H22O2. The molecule has 98 valence electrons. The fraction of sp³-hybridized carbons (Fsp3) is 0.562. The zero-order valence-corrected chi connectivity index (χ0v) is 11.0. The largest absolute Gasteiger partial charge is 0.481 e. The first-order chi connectivity index (χ1) is 8.70. The van der Waals surface area contributed by atoms with Crippen LogP contribution in [0.2, 0.25) is 0 Å². The van der Waals surface area contributed by atoms with Gasteiger partial charge in [0.25, 0.3) is 0 Å². The van der Waals surface area contributed by atoms with Crippen LogP contribution in [0.25, 0.3) is 0 Å². The fourth-order valence-electron chi connectivity index (χ4n) is 3.20. The van der Waals surface area contributed by atoms with Crippen LogP contribution >= 0.6 is 0 Å². The van der Waals surface area contributed by atoms with Gasteiger partial charge in [0, 0.05) is 0 Å². The molecule has 1 aliphatic carbocycles. The number of hydrogen-bond donors (Lipinski definition) is 1. The molecule has 0 bridgehead atoms. The average molecular weight is 246 g/mol. The van der Waals surface area contributed by atoms with Crippen molar-refractivity contribution in [3.05, 3.63) is 35.9 Å². The van der Waals surface area contributed by atoms with E-state index in [1.807, 2.05) is 18.2 Å². The first kappa shape index (κ1) is 13.1. The van der Waals surface area contributed by atoms with Crippen molar-refractivity contribution >= 4 is 5.97 Å². The molecule has 0 radical (unpaired) electrons. The number of benzene rings is 1. The lowest BCUT2D eigenvalue weighted by Crippen LogP contribution is -2.31. The molecule has 0 aliphatic heterocycles. The zero-order valence-electron chi connectivity index (χ0n) is 11.0. The van der Waals surface area contributed by atoms with Gasteiger partial charge in [-0.3, -0.25) is 4.79 Å². The van der Waals surface area contributed by atoms with Gasteiger partial charge >= 0.3 is 5.97 Å². The second-order valence-corrected chi connectivity index (χ2v) is 5.48. The maximum absolute atomic E-state index is 11.3. The number of hydrogen-bond acceptors (Lipinski definition) is 1. The van der Waals surface area contributed by atoms with Gasteiger partial charge in [0.1, 0.15) is 0 Å². The molecule has 1 aliphatic rings. The average Bonchev–Trinajstić information content (AvgIpc) is 2.39. The summed E-state index contributed by atoms with van der Waals surface area (Å²) in [6.07, 6.45) is 5.10. The Hall–Kier alpha value is -1.31. The first-order valence-electron chi connectivity index (χ1n) is 6.97. The van der Waals surface area contributed by atoms with Crippen molar-refractivity contribution in [1.29, 1.82) is 0 Å². The molecule has 1 aromatic rings. The van der Waals surface area contributed by atoms with Crippen LogP contribution in [0.1, 0.15) is 38.2 Å². The van der Waals surface area contributed by atoms with Crippen LogP contribution in [0.5, 0.6) is 0 Å². The predicted octanol–water partition coefficient (Wildman–Crippen LogP) is 3.76. The molecule has 2 rings (SSSR count). The van der Waals surface area contributed by atoms with Crippen molar-refractivity contribution in [2.24, 2.45) is 17.8 Å². The van der Waals surface area contributed by atoms with Gasteiger partial charge in [0.05, 0.1) is 5.92 Å². The summed E-state index contributed by atoms with van der Waals surface area (Å²) in [4.78, 5) is 11.3. The topological polar surface area (TPSA) is 37.3 Å². The molecule has 2 nitrogen and oxygen atoms in total. The van der Waals surface area contributed by atoms with Crippen LogP contribution in [0, 0.1) is 17.8 Å². The molecule has 0 aromatic heterocycles. The van der Waals surface area contributed by atoms with Gasteiger partial charge in [0.15, 0.2) is 0 Å². The third kappa shape index (κ3) is 3.12. The van der Waals surface area contributed by atoms with Gasteiger partial charge < -0.3 is 5.11 Å². The van der Waals surface area contributed by atoms with E-state index in [-0.39, 0.29) is 5.92 Å². The van der Waals surface area contributed by atoms with Crippen molar-refractivity contribution in [2.45, 2.75) is 39.0 Å². The van der Waals surface area contributed by atoms with E-state index in [2.05, 4.69) is 19.1 Å². The van der Waals surface area contributed by atoms with Gasteiger partial charge in [0.2, 0.25) is 0 Å². The van der Waals surface area contributed by atoms with E-state index >= 15 is 0 Å². The molecule has 1 aromatic carbocycles. The minimum atomic E-state index is -0.606. The Morgan fingerprint density at radius 3 is 2.61 bits per heavy atom. The van der Waals surface area contributed by atoms with Crippen molar-refractivity contribution in [2.75, 3.05) is 0 Å². The third-order valence-electron chi connectivity index (χ3n) is 4.33. The van der Waals surface area contributed by atoms with Crippen molar-refractivity contribution in [3.63, 3.8) is 0 Å². The van der Waals surface area contributed by atoms with Crippen molar-refractivity contribution in [1.82, 2.24) is 0 Å². The Morgan fingerprint density at radius 1 is 1.28 bits per heavy atom. The molecule has 3 unspecified atom stereocenters. The third-order valence-corrected chi connectivity index (χ3v) is 4.33. The summed E-state index contributed by atoms with van der Waals surface area (Å²) in [7, 11) is 0. The summed E-state index contributed by atoms with van der Waals surface area (Å²) in [5.74, 6) is 0.274. The minimum absolute atomic E-state index is 0.145. The van der Waals surface area contributed by atoms with Crippen LogP contribution in [0.3, 0.4) is 0 Å². The summed E-state index contributed by atoms with van der Waals surface area (Å²) in [6.45, 7) is 2.21. The van der Waals surface area contributed by atoms with Crippen LogP contribution in [-0.2, 0) is 11.2 Å². The summed E-state index contributed by atoms with van der Waals surface area (Å²) in [5, 5.41) is 9.35. The standard InChI is InChI=1S/C16H22O2/c1-2-12-8-9-15(16(17)18)14(10-12)11-13-6-4-3-5-7-13/h3-7,12,14-15H,2,8-11H2,1H3,(H,17,18). The molecule has 0 spiro atoms. The van der Waals surface area contributed by atoms with E-state index in [0.717, 1.165) is 25.7 Å². The molecule has 1 fully saturated rings. The number of carbonyl (C=O) groups is 1. The highest BCUT2D eigenvalue weighted by Gasteiger charge is 2.34. The minimum Gasteiger partial charge on any atom is -0.481 e. The molecule has 2 heteroatoms. The van der Waals surface area contributed by atoms with E-state index in [4.69, 9.17) is 0 Å². The maximum atomic E-state index is 11.3. The lowest BCUT2D eigenvalue weighted by Gasteiger charge is -2.33. The van der Waals surface area contributed by atoms with Crippen LogP contribution in [0.4, 0.5) is 0 Å². The second-order valence-electron chi connectivity index (χ2n) is 5.48. The maximum Gasteiger partial charge on any atom is 0.306 e. The highest BCUT2D eigenvalue weighted by atomic mass is 16.4. The monoisotopic (exact) mass is 246 g/mol. The fourth-order valence-corrected chi connectivity index (χ4v) is 3.20. The van der Waals surface area contributed by atoms with Crippen molar-refractivity contribution in [3.8, 4) is 0 Å². The predicted molar refractivity (Wildman–Crippen MR) is 72.4 cm³/mol. The van der Waals surface area contributed by atoms with Gasteiger partial charge in [-0.2, -0.15) is 0 Å². The molecular weight excluding hydrogens is 224 g/mol. The van der Waals surface area contributed by atoms with Crippen LogP contribution in [-0.4, -0.2) is 11.1 Å². The molecule has 18 heavy (non-hydrogen) atoms. The van der Waals surface area contributed by atoms with E-state index in [0.29, 0.717) is 11.8 Å². The Balaban J connectivity index is 2.07. The second kappa shape index (κ2) is 6.03. The summed E-state index contributed by atoms with van der Waals surface area (Å²) < 4.78 is 0. The van der Waals surface area contributed by atoms with Crippen LogP contribution in [0.15, 0.2) is 30.3 Å². The SMILES string of the molecule is CCC1CCC(C(=O)O)C(Cc2ccccc2)C1. The highest BCUT2D eigenvalue weighted by Crippen LogP contribution is 2.37. The summed E-state index contributed by atoms with van der Waals surface area (Å²) in [6, 6.07) is 10.3. The Labute approximate surface area is 109 Å². The quantitative estimate of drug-likeness (QED) is 0.878. The number of aliphatic carboxylic acids is 1. The molecule has 1 saturated carbocycles. The highest BCUT2D eigenvalue weighted by molar-refractivity contribution is 5.70. The molecule has 1 N–H and O–H groups in total. The van der Waals surface area contributed by atoms with Crippen molar-refractivity contribution < 1.29 is 9.90 Å². The number of carboxylic acids is 1. The van der Waals surface area contributed by atoms with E-state index in [1.165, 1.54) is 12.0 Å². The lowest BCUT2D eigenvalue weighted by molar-refractivity contribution is -0.145. The number of carboxylic acid groups (broad SMARTS) is 1. The van der Waals surface area contributed by atoms with Gasteiger partial charge in [-0.05, 0) is 43.1 Å². The number of rotatable bonds is 4. The Morgan fingerprint density at radius 2 is 2.00 bits per heavy atom. The molecule has 0 saturated heterocycles. The Kier molecular flexibility index (Phi) is 4.40. The van der Waals surface area contributed by atoms with Crippen LogP contribution < -0.4 is 0 Å². The Bertz CT molecular complexity index is 385. The van der Waals surface area contributed by atoms with Gasteiger partial charge in [-0.15, -0.1) is 0 Å². The summed E-state index contributed by atoms with van der Waals surface area (Å²) in [5.41, 5.74) is 1.27. The van der Waals surface area contributed by atoms with Gasteiger partial charge in [-0.25, -0.2) is 0 Å².